The number of methoxy groups -OCH3 is 1. The number of ether oxygens (including phenoxy) is 2. The molecule has 0 radical (unpaired) electrons. The number of carbonyl (C=O) groups is 1. The minimum atomic E-state index is 0.384. The predicted molar refractivity (Wildman–Crippen MR) is 78.3 cm³/mol. The zero-order chi connectivity index (χ0) is 14.5. The van der Waals surface area contributed by atoms with Crippen molar-refractivity contribution in [3.8, 4) is 11.5 Å². The second kappa shape index (κ2) is 6.56. The fourth-order valence-corrected chi connectivity index (χ4v) is 2.33. The van der Waals surface area contributed by atoms with Crippen molar-refractivity contribution in [2.75, 3.05) is 7.11 Å². The Morgan fingerprint density at radius 1 is 1.45 bits per heavy atom. The van der Waals surface area contributed by atoms with Gasteiger partial charge in [0.05, 0.1) is 17.8 Å². The van der Waals surface area contributed by atoms with Crippen LogP contribution in [0.1, 0.15) is 22.8 Å². The van der Waals surface area contributed by atoms with E-state index >= 15 is 0 Å². The standard InChI is InChI=1S/C14H15BrN2O3/c1-3-17-7-11(6-16-17)9-20-14-12(15)4-10(8-18)5-13(14)19-2/h4-8H,3,9H2,1-2H3. The number of hydrogen-bond donors (Lipinski definition) is 0. The Morgan fingerprint density at radius 3 is 2.85 bits per heavy atom. The van der Waals surface area contributed by atoms with Crippen LogP contribution in [0.15, 0.2) is 29.0 Å². The van der Waals surface area contributed by atoms with Crippen LogP contribution < -0.4 is 9.47 Å². The molecule has 0 N–H and O–H groups in total. The Balaban J connectivity index is 2.18. The van der Waals surface area contributed by atoms with Crippen LogP contribution in [0, 0.1) is 0 Å². The first kappa shape index (κ1) is 14.6. The molecule has 5 nitrogen and oxygen atoms in total. The third-order valence-corrected chi connectivity index (χ3v) is 3.37. The lowest BCUT2D eigenvalue weighted by molar-refractivity contribution is 0.112. The molecular weight excluding hydrogens is 324 g/mol. The van der Waals surface area contributed by atoms with Gasteiger partial charge in [-0.1, -0.05) is 0 Å². The quantitative estimate of drug-likeness (QED) is 0.759. The lowest BCUT2D eigenvalue weighted by Crippen LogP contribution is -1.99. The average Bonchev–Trinajstić information content (AvgIpc) is 2.93. The normalized spacial score (nSPS) is 10.3. The molecule has 0 aliphatic carbocycles. The van der Waals surface area contributed by atoms with Crippen LogP contribution in [0.25, 0.3) is 0 Å². The van der Waals surface area contributed by atoms with Crippen LogP contribution in [0.4, 0.5) is 0 Å². The number of rotatable bonds is 6. The Labute approximate surface area is 125 Å². The van der Waals surface area contributed by atoms with Gasteiger partial charge in [-0.05, 0) is 35.0 Å². The summed E-state index contributed by atoms with van der Waals surface area (Å²) in [5.41, 5.74) is 1.50. The summed E-state index contributed by atoms with van der Waals surface area (Å²) >= 11 is 3.39. The first-order chi connectivity index (χ1) is 9.67. The maximum absolute atomic E-state index is 10.8. The Hall–Kier alpha value is -1.82. The molecule has 0 atom stereocenters. The van der Waals surface area contributed by atoms with Crippen LogP contribution in [0.5, 0.6) is 11.5 Å². The zero-order valence-corrected chi connectivity index (χ0v) is 12.9. The van der Waals surface area contributed by atoms with Gasteiger partial charge in [0.15, 0.2) is 11.5 Å². The van der Waals surface area contributed by atoms with Crippen LogP contribution in [0.2, 0.25) is 0 Å². The van der Waals surface area contributed by atoms with E-state index in [0.717, 1.165) is 18.4 Å². The first-order valence-corrected chi connectivity index (χ1v) is 6.94. The van der Waals surface area contributed by atoms with Gasteiger partial charge in [0.2, 0.25) is 0 Å². The topological polar surface area (TPSA) is 53.4 Å². The number of nitrogens with zero attached hydrogens (tertiary/aromatic N) is 2. The second-order valence-electron chi connectivity index (χ2n) is 4.14. The molecule has 0 unspecified atom stereocenters. The van der Waals surface area contributed by atoms with E-state index in [2.05, 4.69) is 21.0 Å². The number of aromatic nitrogens is 2. The molecule has 2 aromatic rings. The maximum Gasteiger partial charge on any atom is 0.175 e. The summed E-state index contributed by atoms with van der Waals surface area (Å²) in [6.07, 6.45) is 4.46. The molecule has 0 spiro atoms. The molecule has 20 heavy (non-hydrogen) atoms. The van der Waals surface area contributed by atoms with Gasteiger partial charge < -0.3 is 9.47 Å². The highest BCUT2D eigenvalue weighted by Crippen LogP contribution is 2.36. The molecule has 0 fully saturated rings. The third kappa shape index (κ3) is 3.19. The highest BCUT2D eigenvalue weighted by Gasteiger charge is 2.12. The van der Waals surface area contributed by atoms with Crippen LogP contribution in [-0.2, 0) is 13.2 Å². The molecule has 1 aromatic carbocycles. The Morgan fingerprint density at radius 2 is 2.25 bits per heavy atom. The van der Waals surface area contributed by atoms with Crippen LogP contribution in [0.3, 0.4) is 0 Å². The van der Waals surface area contributed by atoms with Gasteiger partial charge >= 0.3 is 0 Å². The molecular formula is C14H15BrN2O3. The van der Waals surface area contributed by atoms with Crippen molar-refractivity contribution in [3.63, 3.8) is 0 Å². The number of hydrogen-bond acceptors (Lipinski definition) is 4. The van der Waals surface area contributed by atoms with Crippen molar-refractivity contribution in [1.82, 2.24) is 9.78 Å². The maximum atomic E-state index is 10.8. The molecule has 6 heteroatoms. The van der Waals surface area contributed by atoms with Crippen molar-refractivity contribution < 1.29 is 14.3 Å². The van der Waals surface area contributed by atoms with Crippen molar-refractivity contribution in [2.45, 2.75) is 20.1 Å². The largest absolute Gasteiger partial charge is 0.493 e. The van der Waals surface area contributed by atoms with E-state index in [4.69, 9.17) is 9.47 Å². The minimum Gasteiger partial charge on any atom is -0.493 e. The number of benzene rings is 1. The fourth-order valence-electron chi connectivity index (χ4n) is 1.76. The van der Waals surface area contributed by atoms with E-state index < -0.39 is 0 Å². The van der Waals surface area contributed by atoms with Gasteiger partial charge in [0, 0.05) is 23.9 Å². The van der Waals surface area contributed by atoms with Crippen LogP contribution in [-0.4, -0.2) is 23.2 Å². The smallest absolute Gasteiger partial charge is 0.175 e. The Kier molecular flexibility index (Phi) is 4.79. The summed E-state index contributed by atoms with van der Waals surface area (Å²) < 4.78 is 13.5. The first-order valence-electron chi connectivity index (χ1n) is 6.14. The van der Waals surface area contributed by atoms with Crippen molar-refractivity contribution in [3.05, 3.63) is 40.1 Å². The van der Waals surface area contributed by atoms with Crippen molar-refractivity contribution >= 4 is 22.2 Å². The summed E-state index contributed by atoms with van der Waals surface area (Å²) in [6, 6.07) is 3.34. The van der Waals surface area contributed by atoms with E-state index in [-0.39, 0.29) is 0 Å². The highest BCUT2D eigenvalue weighted by atomic mass is 79.9. The van der Waals surface area contributed by atoms with E-state index in [1.807, 2.05) is 17.8 Å². The molecule has 0 amide bonds. The molecule has 106 valence electrons. The van der Waals surface area contributed by atoms with Gasteiger partial charge in [-0.3, -0.25) is 9.48 Å². The van der Waals surface area contributed by atoms with Crippen molar-refractivity contribution in [1.29, 1.82) is 0 Å². The number of carbonyl (C=O) groups excluding carboxylic acids is 1. The van der Waals surface area contributed by atoms with Gasteiger partial charge in [-0.2, -0.15) is 5.10 Å². The SMILES string of the molecule is CCn1cc(COc2c(Br)cc(C=O)cc2OC)cn1. The van der Waals surface area contributed by atoms with E-state index in [0.29, 0.717) is 28.1 Å². The average molecular weight is 339 g/mol. The van der Waals surface area contributed by atoms with E-state index in [1.165, 1.54) is 0 Å². The highest BCUT2D eigenvalue weighted by molar-refractivity contribution is 9.10. The van der Waals surface area contributed by atoms with Gasteiger partial charge in [0.1, 0.15) is 12.9 Å². The lowest BCUT2D eigenvalue weighted by Gasteiger charge is -2.12. The summed E-state index contributed by atoms with van der Waals surface area (Å²) in [5, 5.41) is 4.19. The molecule has 1 aromatic heterocycles. The van der Waals surface area contributed by atoms with E-state index in [9.17, 15) is 4.79 Å². The van der Waals surface area contributed by atoms with Crippen molar-refractivity contribution in [2.24, 2.45) is 0 Å². The van der Waals surface area contributed by atoms with Crippen LogP contribution >= 0.6 is 15.9 Å². The fraction of sp³-hybridized carbons (Fsp3) is 0.286. The predicted octanol–water partition coefficient (Wildman–Crippen LogP) is 3.07. The molecule has 1 heterocycles. The molecule has 0 bridgehead atoms. The van der Waals surface area contributed by atoms with Gasteiger partial charge in [-0.15, -0.1) is 0 Å². The monoisotopic (exact) mass is 338 g/mol. The Bertz CT molecular complexity index is 610. The molecule has 2 rings (SSSR count). The number of aryl methyl sites for hydroxylation is 1. The zero-order valence-electron chi connectivity index (χ0n) is 11.3. The van der Waals surface area contributed by atoms with E-state index in [1.54, 1.807) is 25.4 Å². The molecule has 0 aliphatic heterocycles. The molecule has 0 saturated carbocycles. The number of aldehydes is 1. The third-order valence-electron chi connectivity index (χ3n) is 2.78. The molecule has 0 saturated heterocycles. The summed E-state index contributed by atoms with van der Waals surface area (Å²) in [7, 11) is 1.54. The second-order valence-corrected chi connectivity index (χ2v) is 5.00. The summed E-state index contributed by atoms with van der Waals surface area (Å²) in [6.45, 7) is 3.23. The lowest BCUT2D eigenvalue weighted by atomic mass is 10.2. The summed E-state index contributed by atoms with van der Waals surface area (Å²) in [5.74, 6) is 1.09. The van der Waals surface area contributed by atoms with Gasteiger partial charge in [0.25, 0.3) is 0 Å². The minimum absolute atomic E-state index is 0.384. The number of halogens is 1. The summed E-state index contributed by atoms with van der Waals surface area (Å²) in [4.78, 5) is 10.8. The molecule has 0 aliphatic rings. The van der Waals surface area contributed by atoms with Gasteiger partial charge in [-0.25, -0.2) is 0 Å².